The average molecular weight is 301 g/mol. The molecule has 2 aromatic carbocycles. The molecule has 0 bridgehead atoms. The van der Waals surface area contributed by atoms with Crippen LogP contribution in [0.2, 0.25) is 0 Å². The minimum Gasteiger partial charge on any atom is -0.462 e. The molecule has 0 aromatic heterocycles. The Balaban J connectivity index is 2.22. The number of hydrogen-bond donors (Lipinski definition) is 2. The zero-order valence-corrected chi connectivity index (χ0v) is 11.9. The molecule has 3 N–H and O–H groups in total. The summed E-state index contributed by atoms with van der Waals surface area (Å²) in [5, 5.41) is 13.7. The fourth-order valence-corrected chi connectivity index (χ4v) is 1.87. The van der Waals surface area contributed by atoms with Gasteiger partial charge in [0.25, 0.3) is 5.69 Å². The van der Waals surface area contributed by atoms with Crippen molar-refractivity contribution in [3.05, 3.63) is 58.1 Å². The molecule has 0 unspecified atom stereocenters. The smallest absolute Gasteiger partial charge is 0.338 e. The van der Waals surface area contributed by atoms with E-state index in [0.717, 1.165) is 0 Å². The Morgan fingerprint density at radius 1 is 1.32 bits per heavy atom. The van der Waals surface area contributed by atoms with Gasteiger partial charge in [-0.15, -0.1) is 0 Å². The molecule has 0 atom stereocenters. The van der Waals surface area contributed by atoms with Gasteiger partial charge < -0.3 is 15.8 Å². The van der Waals surface area contributed by atoms with E-state index in [1.54, 1.807) is 31.2 Å². The van der Waals surface area contributed by atoms with E-state index in [0.29, 0.717) is 23.5 Å². The lowest BCUT2D eigenvalue weighted by Crippen LogP contribution is -2.05. The topological polar surface area (TPSA) is 107 Å². The largest absolute Gasteiger partial charge is 0.462 e. The number of esters is 1. The number of nitrogen functional groups attached to an aromatic ring is 1. The summed E-state index contributed by atoms with van der Waals surface area (Å²) in [6.07, 6.45) is 0. The Bertz CT molecular complexity index is 716. The SMILES string of the molecule is CCOC(=O)c1cccc(Nc2ccc([N+](=O)[O-])cc2N)c1. The van der Waals surface area contributed by atoms with Crippen molar-refractivity contribution in [2.45, 2.75) is 6.92 Å². The van der Waals surface area contributed by atoms with Crippen molar-refractivity contribution < 1.29 is 14.5 Å². The second-order valence-corrected chi connectivity index (χ2v) is 4.45. The van der Waals surface area contributed by atoms with Gasteiger partial charge in [-0.2, -0.15) is 0 Å². The number of carbonyl (C=O) groups excluding carboxylic acids is 1. The summed E-state index contributed by atoms with van der Waals surface area (Å²) in [7, 11) is 0. The number of nitro benzene ring substituents is 1. The molecule has 114 valence electrons. The zero-order valence-electron chi connectivity index (χ0n) is 11.9. The van der Waals surface area contributed by atoms with E-state index in [4.69, 9.17) is 10.5 Å². The molecule has 0 aliphatic carbocycles. The van der Waals surface area contributed by atoms with Crippen LogP contribution in [0.25, 0.3) is 0 Å². The summed E-state index contributed by atoms with van der Waals surface area (Å²) in [5.74, 6) is -0.414. The van der Waals surface area contributed by atoms with E-state index < -0.39 is 10.9 Å². The van der Waals surface area contributed by atoms with Gasteiger partial charge in [0.05, 0.1) is 28.5 Å². The van der Waals surface area contributed by atoms with Gasteiger partial charge in [-0.05, 0) is 31.2 Å². The maximum atomic E-state index is 11.7. The Kier molecular flexibility index (Phi) is 4.57. The number of nitrogens with zero attached hydrogens (tertiary/aromatic N) is 1. The average Bonchev–Trinajstić information content (AvgIpc) is 2.49. The molecule has 0 saturated heterocycles. The van der Waals surface area contributed by atoms with Crippen molar-refractivity contribution in [1.82, 2.24) is 0 Å². The van der Waals surface area contributed by atoms with Crippen molar-refractivity contribution in [3.63, 3.8) is 0 Å². The van der Waals surface area contributed by atoms with Crippen LogP contribution in [-0.2, 0) is 4.74 Å². The quantitative estimate of drug-likeness (QED) is 0.380. The highest BCUT2D eigenvalue weighted by Crippen LogP contribution is 2.27. The number of rotatable bonds is 5. The highest BCUT2D eigenvalue weighted by atomic mass is 16.6. The number of hydrogen-bond acceptors (Lipinski definition) is 6. The van der Waals surface area contributed by atoms with Crippen molar-refractivity contribution in [2.24, 2.45) is 0 Å². The maximum Gasteiger partial charge on any atom is 0.338 e. The maximum absolute atomic E-state index is 11.7. The molecule has 0 aliphatic rings. The van der Waals surface area contributed by atoms with Crippen LogP contribution in [0.1, 0.15) is 17.3 Å². The van der Waals surface area contributed by atoms with Gasteiger partial charge in [0.1, 0.15) is 0 Å². The monoisotopic (exact) mass is 301 g/mol. The molecule has 7 nitrogen and oxygen atoms in total. The lowest BCUT2D eigenvalue weighted by atomic mass is 10.2. The molecule has 0 aliphatic heterocycles. The number of benzene rings is 2. The van der Waals surface area contributed by atoms with Crippen LogP contribution in [0, 0.1) is 10.1 Å². The number of non-ortho nitro benzene ring substituents is 1. The van der Waals surface area contributed by atoms with Crippen molar-refractivity contribution in [2.75, 3.05) is 17.7 Å². The second kappa shape index (κ2) is 6.57. The van der Waals surface area contributed by atoms with E-state index in [2.05, 4.69) is 5.32 Å². The molecule has 0 spiro atoms. The Morgan fingerprint density at radius 3 is 2.73 bits per heavy atom. The summed E-state index contributed by atoms with van der Waals surface area (Å²) in [5.41, 5.74) is 7.52. The number of anilines is 3. The molecule has 0 radical (unpaired) electrons. The first-order valence-electron chi connectivity index (χ1n) is 6.59. The van der Waals surface area contributed by atoms with Gasteiger partial charge >= 0.3 is 5.97 Å². The fourth-order valence-electron chi connectivity index (χ4n) is 1.87. The standard InChI is InChI=1S/C15H15N3O4/c1-2-22-15(19)10-4-3-5-11(8-10)17-14-7-6-12(18(20)21)9-13(14)16/h3-9,17H,2,16H2,1H3. The molecule has 0 saturated carbocycles. The van der Waals surface area contributed by atoms with Crippen LogP contribution in [-0.4, -0.2) is 17.5 Å². The van der Waals surface area contributed by atoms with Gasteiger partial charge in [0.15, 0.2) is 0 Å². The highest BCUT2D eigenvalue weighted by molar-refractivity contribution is 5.91. The molecule has 0 heterocycles. The van der Waals surface area contributed by atoms with Gasteiger partial charge in [-0.25, -0.2) is 4.79 Å². The molecule has 0 fully saturated rings. The van der Waals surface area contributed by atoms with E-state index in [1.165, 1.54) is 18.2 Å². The minimum absolute atomic E-state index is 0.0803. The molecule has 7 heteroatoms. The van der Waals surface area contributed by atoms with Crippen LogP contribution >= 0.6 is 0 Å². The van der Waals surface area contributed by atoms with Crippen LogP contribution in [0.4, 0.5) is 22.7 Å². The van der Waals surface area contributed by atoms with E-state index in [9.17, 15) is 14.9 Å². The summed E-state index contributed by atoms with van der Waals surface area (Å²) in [6.45, 7) is 2.03. The van der Waals surface area contributed by atoms with Crippen LogP contribution in [0.5, 0.6) is 0 Å². The van der Waals surface area contributed by atoms with Gasteiger partial charge in [-0.3, -0.25) is 10.1 Å². The van der Waals surface area contributed by atoms with E-state index >= 15 is 0 Å². The predicted octanol–water partition coefficient (Wildman–Crippen LogP) is 3.10. The molecule has 2 rings (SSSR count). The van der Waals surface area contributed by atoms with Crippen LogP contribution in [0.15, 0.2) is 42.5 Å². The third-order valence-corrected chi connectivity index (χ3v) is 2.90. The Labute approximate surface area is 126 Å². The number of nitro groups is 1. The molecule has 0 amide bonds. The zero-order chi connectivity index (χ0) is 16.1. The second-order valence-electron chi connectivity index (χ2n) is 4.45. The van der Waals surface area contributed by atoms with Crippen molar-refractivity contribution in [1.29, 1.82) is 0 Å². The summed E-state index contributed by atoms with van der Waals surface area (Å²) in [4.78, 5) is 21.9. The third kappa shape index (κ3) is 3.51. The summed E-state index contributed by atoms with van der Waals surface area (Å²) in [6, 6.07) is 10.9. The first-order valence-corrected chi connectivity index (χ1v) is 6.59. The molecular weight excluding hydrogens is 286 g/mol. The van der Waals surface area contributed by atoms with Crippen molar-refractivity contribution >= 4 is 28.7 Å². The van der Waals surface area contributed by atoms with Gasteiger partial charge in [0, 0.05) is 17.8 Å². The van der Waals surface area contributed by atoms with Crippen LogP contribution < -0.4 is 11.1 Å². The first kappa shape index (κ1) is 15.3. The number of ether oxygens (including phenoxy) is 1. The third-order valence-electron chi connectivity index (χ3n) is 2.90. The molecule has 22 heavy (non-hydrogen) atoms. The van der Waals surface area contributed by atoms with Gasteiger partial charge in [-0.1, -0.05) is 6.07 Å². The number of nitrogens with two attached hydrogens (primary N) is 1. The minimum atomic E-state index is -0.512. The number of carbonyl (C=O) groups is 1. The molecular formula is C15H15N3O4. The normalized spacial score (nSPS) is 10.0. The van der Waals surface area contributed by atoms with Crippen molar-refractivity contribution in [3.8, 4) is 0 Å². The van der Waals surface area contributed by atoms with Crippen LogP contribution in [0.3, 0.4) is 0 Å². The molecule has 2 aromatic rings. The van der Waals surface area contributed by atoms with E-state index in [-0.39, 0.29) is 11.4 Å². The predicted molar refractivity (Wildman–Crippen MR) is 83.2 cm³/mol. The highest BCUT2D eigenvalue weighted by Gasteiger charge is 2.10. The lowest BCUT2D eigenvalue weighted by Gasteiger charge is -2.10. The fraction of sp³-hybridized carbons (Fsp3) is 0.133. The first-order chi connectivity index (χ1) is 10.5. The summed E-state index contributed by atoms with van der Waals surface area (Å²) < 4.78 is 4.93. The van der Waals surface area contributed by atoms with E-state index in [1.807, 2.05) is 0 Å². The summed E-state index contributed by atoms with van der Waals surface area (Å²) >= 11 is 0. The Morgan fingerprint density at radius 2 is 2.09 bits per heavy atom. The Hall–Kier alpha value is -3.09. The van der Waals surface area contributed by atoms with Gasteiger partial charge in [0.2, 0.25) is 0 Å². The number of nitrogens with one attached hydrogen (secondary N) is 1. The lowest BCUT2D eigenvalue weighted by molar-refractivity contribution is -0.384.